The zero-order valence-corrected chi connectivity index (χ0v) is 17.9. The van der Waals surface area contributed by atoms with Gasteiger partial charge in [-0.3, -0.25) is 19.3 Å². The van der Waals surface area contributed by atoms with Gasteiger partial charge in [-0.05, 0) is 41.8 Å². The zero-order valence-electron chi connectivity index (χ0n) is 17.2. The predicted molar refractivity (Wildman–Crippen MR) is 121 cm³/mol. The summed E-state index contributed by atoms with van der Waals surface area (Å²) in [5.41, 5.74) is 3.49. The first kappa shape index (κ1) is 20.6. The minimum atomic E-state index is -0.348. The van der Waals surface area contributed by atoms with Crippen LogP contribution in [-0.2, 0) is 4.74 Å². The second-order valence-corrected chi connectivity index (χ2v) is 8.54. The number of ether oxygens (including phenoxy) is 1. The van der Waals surface area contributed by atoms with E-state index in [1.165, 1.54) is 4.90 Å². The Morgan fingerprint density at radius 3 is 2.03 bits per heavy atom. The molecule has 0 aliphatic carbocycles. The minimum Gasteiger partial charge on any atom is -0.376 e. The molecule has 6 heteroatoms. The molecule has 1 fully saturated rings. The lowest BCUT2D eigenvalue weighted by Gasteiger charge is -2.18. The summed E-state index contributed by atoms with van der Waals surface area (Å²) < 4.78 is 5.79. The minimum absolute atomic E-state index is 0.0116. The number of halogens is 1. The van der Waals surface area contributed by atoms with Gasteiger partial charge in [0.25, 0.3) is 11.8 Å². The lowest BCUT2D eigenvalue weighted by molar-refractivity contribution is 0.0467. The molecule has 32 heavy (non-hydrogen) atoms. The highest BCUT2D eigenvalue weighted by molar-refractivity contribution is 6.30. The van der Waals surface area contributed by atoms with Gasteiger partial charge >= 0.3 is 0 Å². The van der Waals surface area contributed by atoms with Crippen molar-refractivity contribution in [1.82, 2.24) is 4.90 Å². The second-order valence-electron chi connectivity index (χ2n) is 8.10. The normalized spacial score (nSPS) is 20.0. The Morgan fingerprint density at radius 2 is 1.44 bits per heavy atom. The molecule has 0 saturated carbocycles. The summed E-state index contributed by atoms with van der Waals surface area (Å²) in [6, 6.07) is 21.8. The predicted octanol–water partition coefficient (Wildman–Crippen LogP) is 4.89. The van der Waals surface area contributed by atoms with Gasteiger partial charge in [0, 0.05) is 16.5 Å². The highest BCUT2D eigenvalue weighted by Crippen LogP contribution is 2.29. The molecule has 160 valence electrons. The maximum atomic E-state index is 13.0. The largest absolute Gasteiger partial charge is 0.376 e. The molecule has 2 aliphatic rings. The van der Waals surface area contributed by atoms with Crippen LogP contribution in [0, 0.1) is 5.92 Å². The maximum Gasteiger partial charge on any atom is 0.261 e. The second kappa shape index (κ2) is 8.34. The molecule has 3 aromatic rings. The Kier molecular flexibility index (Phi) is 5.37. The number of nitrogens with zero attached hydrogens (tertiary/aromatic N) is 1. The van der Waals surface area contributed by atoms with Crippen LogP contribution >= 0.6 is 11.6 Å². The van der Waals surface area contributed by atoms with Crippen molar-refractivity contribution in [2.45, 2.75) is 12.5 Å². The average molecular weight is 446 g/mol. The molecule has 0 bridgehead atoms. The van der Waals surface area contributed by atoms with Gasteiger partial charge in [0.05, 0.1) is 30.4 Å². The van der Waals surface area contributed by atoms with Crippen molar-refractivity contribution in [3.05, 3.63) is 94.5 Å². The number of imide groups is 1. The van der Waals surface area contributed by atoms with E-state index >= 15 is 0 Å². The molecule has 2 amide bonds. The van der Waals surface area contributed by atoms with Gasteiger partial charge in [0.15, 0.2) is 5.78 Å². The van der Waals surface area contributed by atoms with Gasteiger partial charge < -0.3 is 4.74 Å². The molecule has 0 aromatic heterocycles. The fourth-order valence-corrected chi connectivity index (χ4v) is 4.46. The Hall–Kier alpha value is -3.28. The molecule has 3 aromatic carbocycles. The molecule has 2 atom stereocenters. The van der Waals surface area contributed by atoms with Crippen molar-refractivity contribution in [3.8, 4) is 11.1 Å². The Bertz CT molecular complexity index is 1170. The third-order valence-corrected chi connectivity index (χ3v) is 6.31. The number of ketones is 1. The summed E-state index contributed by atoms with van der Waals surface area (Å²) in [5.74, 6) is -0.891. The summed E-state index contributed by atoms with van der Waals surface area (Å²) in [6.45, 7) is 0.442. The zero-order chi connectivity index (χ0) is 22.2. The molecule has 5 rings (SSSR count). The lowest BCUT2D eigenvalue weighted by Crippen LogP contribution is -2.36. The fourth-order valence-electron chi connectivity index (χ4n) is 4.33. The highest BCUT2D eigenvalue weighted by Gasteiger charge is 2.39. The molecule has 1 saturated heterocycles. The quantitative estimate of drug-likeness (QED) is 0.414. The van der Waals surface area contributed by atoms with E-state index in [-0.39, 0.29) is 42.8 Å². The third kappa shape index (κ3) is 3.74. The number of carbonyl (C=O) groups is 3. The van der Waals surface area contributed by atoms with Gasteiger partial charge in [-0.1, -0.05) is 60.1 Å². The van der Waals surface area contributed by atoms with Crippen molar-refractivity contribution < 1.29 is 19.1 Å². The Balaban J connectivity index is 1.23. The van der Waals surface area contributed by atoms with Crippen molar-refractivity contribution in [2.24, 2.45) is 5.92 Å². The van der Waals surface area contributed by atoms with Crippen LogP contribution in [0.15, 0.2) is 72.8 Å². The Labute approximate surface area is 190 Å². The molecule has 2 aliphatic heterocycles. The number of carbonyl (C=O) groups excluding carboxylic acids is 3. The van der Waals surface area contributed by atoms with Crippen LogP contribution in [0.4, 0.5) is 0 Å². The molecule has 2 unspecified atom stereocenters. The lowest BCUT2D eigenvalue weighted by atomic mass is 9.93. The smallest absolute Gasteiger partial charge is 0.261 e. The number of hydrogen-bond donors (Lipinski definition) is 0. The van der Waals surface area contributed by atoms with Crippen molar-refractivity contribution in [3.63, 3.8) is 0 Å². The van der Waals surface area contributed by atoms with E-state index in [0.29, 0.717) is 28.1 Å². The number of amides is 2. The van der Waals surface area contributed by atoms with E-state index in [1.807, 2.05) is 48.5 Å². The topological polar surface area (TPSA) is 63.7 Å². The van der Waals surface area contributed by atoms with Gasteiger partial charge in [-0.2, -0.15) is 0 Å². The van der Waals surface area contributed by atoms with Gasteiger partial charge in [-0.15, -0.1) is 0 Å². The van der Waals surface area contributed by atoms with Gasteiger partial charge in [0.2, 0.25) is 0 Å². The molecule has 5 nitrogen and oxygen atoms in total. The van der Waals surface area contributed by atoms with Crippen LogP contribution in [0.5, 0.6) is 0 Å². The van der Waals surface area contributed by atoms with E-state index < -0.39 is 0 Å². The first-order valence-electron chi connectivity index (χ1n) is 10.5. The van der Waals surface area contributed by atoms with Crippen LogP contribution in [0.3, 0.4) is 0 Å². The first-order valence-corrected chi connectivity index (χ1v) is 10.9. The molecule has 0 N–H and O–H groups in total. The number of benzene rings is 3. The molecule has 2 heterocycles. The van der Waals surface area contributed by atoms with E-state index in [1.54, 1.807) is 24.3 Å². The van der Waals surface area contributed by atoms with Crippen LogP contribution in [0.2, 0.25) is 5.02 Å². The number of hydrogen-bond acceptors (Lipinski definition) is 4. The summed E-state index contributed by atoms with van der Waals surface area (Å²) in [4.78, 5) is 39.4. The summed E-state index contributed by atoms with van der Waals surface area (Å²) >= 11 is 5.95. The number of fused-ring (bicyclic) bond motifs is 1. The van der Waals surface area contributed by atoms with Crippen molar-refractivity contribution >= 4 is 29.2 Å². The maximum absolute atomic E-state index is 13.0. The molecular formula is C26H20ClNO4. The van der Waals surface area contributed by atoms with Crippen LogP contribution in [0.1, 0.15) is 37.5 Å². The SMILES string of the molecule is O=C(c1ccc(-c2ccc(Cl)cc2)cc1)C1COC(CN2C(=O)c3ccccc3C2=O)C1. The summed E-state index contributed by atoms with van der Waals surface area (Å²) in [6.07, 6.45) is 0.130. The van der Waals surface area contributed by atoms with E-state index in [4.69, 9.17) is 16.3 Å². The summed E-state index contributed by atoms with van der Waals surface area (Å²) in [5, 5.41) is 0.678. The van der Waals surface area contributed by atoms with E-state index in [9.17, 15) is 14.4 Å². The van der Waals surface area contributed by atoms with Crippen LogP contribution < -0.4 is 0 Å². The molecule has 0 spiro atoms. The third-order valence-electron chi connectivity index (χ3n) is 6.06. The first-order chi connectivity index (χ1) is 15.5. The Morgan fingerprint density at radius 1 is 0.875 bits per heavy atom. The van der Waals surface area contributed by atoms with Crippen LogP contribution in [0.25, 0.3) is 11.1 Å². The van der Waals surface area contributed by atoms with Crippen molar-refractivity contribution in [1.29, 1.82) is 0 Å². The summed E-state index contributed by atoms with van der Waals surface area (Å²) in [7, 11) is 0. The monoisotopic (exact) mass is 445 g/mol. The highest BCUT2D eigenvalue weighted by atomic mass is 35.5. The van der Waals surface area contributed by atoms with Gasteiger partial charge in [0.1, 0.15) is 0 Å². The van der Waals surface area contributed by atoms with Crippen LogP contribution in [-0.4, -0.2) is 41.8 Å². The number of Topliss-reactive ketones (excluding diaryl/α,β-unsaturated/α-hetero) is 1. The van der Waals surface area contributed by atoms with Gasteiger partial charge in [-0.25, -0.2) is 0 Å². The molecule has 0 radical (unpaired) electrons. The van der Waals surface area contributed by atoms with E-state index in [0.717, 1.165) is 11.1 Å². The fraction of sp³-hybridized carbons (Fsp3) is 0.192. The average Bonchev–Trinajstić information content (AvgIpc) is 3.39. The molecular weight excluding hydrogens is 426 g/mol. The number of rotatable bonds is 5. The standard InChI is InChI=1S/C26H20ClNO4/c27-20-11-9-17(10-12-20)16-5-7-18(8-6-16)24(29)19-13-21(32-15-19)14-28-25(30)22-3-1-2-4-23(22)26(28)31/h1-12,19,21H,13-15H2. The van der Waals surface area contributed by atoms with Crippen molar-refractivity contribution in [2.75, 3.05) is 13.2 Å². The van der Waals surface area contributed by atoms with E-state index in [2.05, 4.69) is 0 Å².